The third-order valence-corrected chi connectivity index (χ3v) is 3.53. The highest BCUT2D eigenvalue weighted by atomic mass is 16.2. The highest BCUT2D eigenvalue weighted by Crippen LogP contribution is 2.35. The summed E-state index contributed by atoms with van der Waals surface area (Å²) >= 11 is 0. The van der Waals surface area contributed by atoms with Crippen molar-refractivity contribution in [2.45, 2.75) is 40.0 Å². The molecule has 0 saturated heterocycles. The van der Waals surface area contributed by atoms with Crippen molar-refractivity contribution in [3.8, 4) is 0 Å². The Labute approximate surface area is 120 Å². The Morgan fingerprint density at radius 1 is 1.20 bits per heavy atom. The van der Waals surface area contributed by atoms with Gasteiger partial charge in [-0.05, 0) is 29.9 Å². The topological polar surface area (TPSA) is 46.2 Å². The molecule has 106 valence electrons. The van der Waals surface area contributed by atoms with Crippen LogP contribution in [-0.2, 0) is 4.79 Å². The van der Waals surface area contributed by atoms with Gasteiger partial charge in [-0.1, -0.05) is 44.5 Å². The second kappa shape index (κ2) is 6.04. The Hall–Kier alpha value is -1.90. The summed E-state index contributed by atoms with van der Waals surface area (Å²) in [5.74, 6) is 0.394. The Kier molecular flexibility index (Phi) is 4.38. The van der Waals surface area contributed by atoms with E-state index in [-0.39, 0.29) is 11.7 Å². The van der Waals surface area contributed by atoms with Crippen LogP contribution in [0.1, 0.15) is 56.0 Å². The lowest BCUT2D eigenvalue weighted by atomic mass is 9.98. The van der Waals surface area contributed by atoms with Gasteiger partial charge in [0.15, 0.2) is 0 Å². The lowest BCUT2D eigenvalue weighted by Crippen LogP contribution is -2.23. The van der Waals surface area contributed by atoms with E-state index in [0.717, 1.165) is 30.4 Å². The third-order valence-electron chi connectivity index (χ3n) is 3.53. The lowest BCUT2D eigenvalue weighted by molar-refractivity contribution is -0.118. The zero-order chi connectivity index (χ0) is 14.7. The maximum atomic E-state index is 12.4. The highest BCUT2D eigenvalue weighted by Gasteiger charge is 2.29. The van der Waals surface area contributed by atoms with Gasteiger partial charge in [0, 0.05) is 12.5 Å². The van der Waals surface area contributed by atoms with Crippen molar-refractivity contribution in [1.82, 2.24) is 5.32 Å². The first-order valence-corrected chi connectivity index (χ1v) is 7.15. The predicted octanol–water partition coefficient (Wildman–Crippen LogP) is 3.56. The summed E-state index contributed by atoms with van der Waals surface area (Å²) in [7, 11) is 0. The summed E-state index contributed by atoms with van der Waals surface area (Å²) in [6.07, 6.45) is 2.97. The summed E-state index contributed by atoms with van der Waals surface area (Å²) in [5, 5.41) is 2.72. The molecule has 0 aliphatic heterocycles. The minimum Gasteiger partial charge on any atom is -0.323 e. The van der Waals surface area contributed by atoms with Crippen LogP contribution in [0.25, 0.3) is 5.57 Å². The molecule has 1 aromatic carbocycles. The number of fused-ring (bicyclic) bond motifs is 1. The largest absolute Gasteiger partial charge is 0.323 e. The van der Waals surface area contributed by atoms with Crippen LogP contribution in [0.15, 0.2) is 30.0 Å². The van der Waals surface area contributed by atoms with Crippen molar-refractivity contribution in [2.75, 3.05) is 0 Å². The summed E-state index contributed by atoms with van der Waals surface area (Å²) < 4.78 is 0. The first-order chi connectivity index (χ1) is 9.50. The van der Waals surface area contributed by atoms with Crippen LogP contribution in [0.4, 0.5) is 0 Å². The van der Waals surface area contributed by atoms with E-state index < -0.39 is 0 Å². The van der Waals surface area contributed by atoms with E-state index in [9.17, 15) is 9.59 Å². The van der Waals surface area contributed by atoms with Crippen molar-refractivity contribution in [3.05, 3.63) is 41.1 Å². The minimum atomic E-state index is -0.192. The summed E-state index contributed by atoms with van der Waals surface area (Å²) in [6, 6.07) is 7.59. The van der Waals surface area contributed by atoms with E-state index >= 15 is 0 Å². The molecule has 0 atom stereocenters. The van der Waals surface area contributed by atoms with Crippen LogP contribution in [-0.4, -0.2) is 11.7 Å². The van der Waals surface area contributed by atoms with Gasteiger partial charge in [0.1, 0.15) is 0 Å². The first kappa shape index (κ1) is 14.5. The van der Waals surface area contributed by atoms with Crippen LogP contribution in [0.3, 0.4) is 0 Å². The van der Waals surface area contributed by atoms with Gasteiger partial charge in [-0.2, -0.15) is 0 Å². The number of benzene rings is 1. The summed E-state index contributed by atoms with van der Waals surface area (Å²) in [6.45, 7) is 5.82. The first-order valence-electron chi connectivity index (χ1n) is 7.15. The van der Waals surface area contributed by atoms with Gasteiger partial charge in [-0.25, -0.2) is 0 Å². The molecule has 1 aliphatic carbocycles. The number of carbonyl (C=O) groups is 2. The molecular weight excluding hydrogens is 250 g/mol. The second-order valence-corrected chi connectivity index (χ2v) is 5.70. The molecule has 1 aromatic rings. The SMILES string of the molecule is CC(=O)NC1=C(CCCC(C)C)c2ccccc2C1=O. The number of amides is 1. The molecule has 20 heavy (non-hydrogen) atoms. The fraction of sp³-hybridized carbons (Fsp3) is 0.412. The van der Waals surface area contributed by atoms with Crippen LogP contribution in [0, 0.1) is 5.92 Å². The van der Waals surface area contributed by atoms with Crippen LogP contribution < -0.4 is 5.32 Å². The summed E-state index contributed by atoms with van der Waals surface area (Å²) in [4.78, 5) is 23.7. The molecule has 0 bridgehead atoms. The molecule has 0 fully saturated rings. The van der Waals surface area contributed by atoms with E-state index in [0.29, 0.717) is 17.2 Å². The molecule has 0 heterocycles. The second-order valence-electron chi connectivity index (χ2n) is 5.70. The molecule has 1 N–H and O–H groups in total. The molecule has 1 aliphatic rings. The van der Waals surface area contributed by atoms with Crippen LogP contribution >= 0.6 is 0 Å². The Bertz CT molecular complexity index is 570. The number of ketones is 1. The van der Waals surface area contributed by atoms with Gasteiger partial charge in [0.2, 0.25) is 11.7 Å². The fourth-order valence-electron chi connectivity index (χ4n) is 2.61. The van der Waals surface area contributed by atoms with Gasteiger partial charge < -0.3 is 5.32 Å². The van der Waals surface area contributed by atoms with Crippen molar-refractivity contribution >= 4 is 17.3 Å². The monoisotopic (exact) mass is 271 g/mol. The zero-order valence-electron chi connectivity index (χ0n) is 12.3. The molecule has 2 rings (SSSR count). The van der Waals surface area contributed by atoms with E-state index in [1.54, 1.807) is 0 Å². The smallest absolute Gasteiger partial charge is 0.221 e. The molecule has 3 heteroatoms. The van der Waals surface area contributed by atoms with E-state index in [4.69, 9.17) is 0 Å². The maximum absolute atomic E-state index is 12.4. The van der Waals surface area contributed by atoms with E-state index in [1.807, 2.05) is 24.3 Å². The molecule has 0 spiro atoms. The van der Waals surface area contributed by atoms with Crippen molar-refractivity contribution in [3.63, 3.8) is 0 Å². The molecule has 0 saturated carbocycles. The zero-order valence-corrected chi connectivity index (χ0v) is 12.3. The molecule has 0 aromatic heterocycles. The van der Waals surface area contributed by atoms with Gasteiger partial charge in [0.05, 0.1) is 5.70 Å². The molecule has 1 amide bonds. The lowest BCUT2D eigenvalue weighted by Gasteiger charge is -2.09. The number of hydrogen-bond acceptors (Lipinski definition) is 2. The van der Waals surface area contributed by atoms with Crippen molar-refractivity contribution in [2.24, 2.45) is 5.92 Å². The van der Waals surface area contributed by atoms with E-state index in [1.165, 1.54) is 6.92 Å². The number of carbonyl (C=O) groups excluding carboxylic acids is 2. The summed E-state index contributed by atoms with van der Waals surface area (Å²) in [5.41, 5.74) is 3.14. The van der Waals surface area contributed by atoms with Crippen molar-refractivity contribution < 1.29 is 9.59 Å². The van der Waals surface area contributed by atoms with Gasteiger partial charge in [0.25, 0.3) is 0 Å². The standard InChI is InChI=1S/C17H21NO2/c1-11(2)7-6-10-14-13-8-4-5-9-15(13)17(20)16(14)18-12(3)19/h4-5,8-9,11H,6-7,10H2,1-3H3,(H,18,19,20). The normalized spacial score (nSPS) is 13.9. The third kappa shape index (κ3) is 2.98. The van der Waals surface area contributed by atoms with Gasteiger partial charge in [-0.15, -0.1) is 0 Å². The Morgan fingerprint density at radius 3 is 2.45 bits per heavy atom. The Balaban J connectivity index is 2.30. The Morgan fingerprint density at radius 2 is 1.85 bits per heavy atom. The van der Waals surface area contributed by atoms with Gasteiger partial charge in [-0.3, -0.25) is 9.59 Å². The van der Waals surface area contributed by atoms with Gasteiger partial charge >= 0.3 is 0 Å². The number of nitrogens with one attached hydrogen (secondary N) is 1. The number of rotatable bonds is 5. The quantitative estimate of drug-likeness (QED) is 0.890. The van der Waals surface area contributed by atoms with Crippen LogP contribution in [0.2, 0.25) is 0 Å². The average Bonchev–Trinajstić information content (AvgIpc) is 2.64. The molecule has 0 unspecified atom stereocenters. The van der Waals surface area contributed by atoms with E-state index in [2.05, 4.69) is 19.2 Å². The fourth-order valence-corrected chi connectivity index (χ4v) is 2.61. The molecule has 3 nitrogen and oxygen atoms in total. The highest BCUT2D eigenvalue weighted by molar-refractivity contribution is 6.21. The molecular formula is C17H21NO2. The average molecular weight is 271 g/mol. The van der Waals surface area contributed by atoms with Crippen LogP contribution in [0.5, 0.6) is 0 Å². The molecule has 0 radical (unpaired) electrons. The maximum Gasteiger partial charge on any atom is 0.221 e. The minimum absolute atomic E-state index is 0.0599. The number of Topliss-reactive ketones (excluding diaryl/α,β-unsaturated/α-hetero) is 1. The number of allylic oxidation sites excluding steroid dienone is 2. The number of hydrogen-bond donors (Lipinski definition) is 1. The predicted molar refractivity (Wildman–Crippen MR) is 80.2 cm³/mol. The van der Waals surface area contributed by atoms with Crippen molar-refractivity contribution in [1.29, 1.82) is 0 Å².